The lowest BCUT2D eigenvalue weighted by molar-refractivity contribution is 0.101. The topological polar surface area (TPSA) is 34.0 Å². The summed E-state index contributed by atoms with van der Waals surface area (Å²) >= 11 is 5.93. The third kappa shape index (κ3) is 3.64. The molecule has 1 aromatic heterocycles. The quantitative estimate of drug-likeness (QED) is 0.478. The summed E-state index contributed by atoms with van der Waals surface area (Å²) in [6, 6.07) is 30.8. The second-order valence-electron chi connectivity index (χ2n) is 6.12. The average molecular weight is 373 g/mol. The summed E-state index contributed by atoms with van der Waals surface area (Å²) in [7, 11) is 0. The van der Waals surface area contributed by atoms with Gasteiger partial charge in [-0.05, 0) is 36.4 Å². The van der Waals surface area contributed by atoms with Crippen LogP contribution in [0.3, 0.4) is 0 Å². The molecule has 0 radical (unpaired) electrons. The first-order valence-corrected chi connectivity index (χ1v) is 9.00. The lowest BCUT2D eigenvalue weighted by Crippen LogP contribution is -2.24. The molecule has 1 N–H and O–H groups in total. The van der Waals surface area contributed by atoms with Crippen molar-refractivity contribution >= 4 is 17.5 Å². The van der Waals surface area contributed by atoms with Gasteiger partial charge in [-0.3, -0.25) is 14.9 Å². The number of nitrogens with zero attached hydrogens (tertiary/aromatic N) is 1. The van der Waals surface area contributed by atoms with Gasteiger partial charge in [-0.2, -0.15) is 0 Å². The molecule has 0 spiro atoms. The molecule has 0 fully saturated rings. The molecule has 4 aromatic rings. The molecule has 0 aliphatic rings. The standard InChI is InChI=1S/C23H17ClN2O/c24-20-13-11-19(12-14-20)23(27)25-26-21(17-7-3-1-4-8-17)15-16-22(26)18-9-5-2-6-10-18/h1-16H,(H,25,27). The maximum atomic E-state index is 12.8. The Balaban J connectivity index is 1.78. The Kier molecular flexibility index (Phi) is 4.77. The maximum absolute atomic E-state index is 12.8. The zero-order chi connectivity index (χ0) is 18.6. The van der Waals surface area contributed by atoms with Gasteiger partial charge in [0.15, 0.2) is 0 Å². The molecule has 4 rings (SSSR count). The number of carbonyl (C=O) groups is 1. The van der Waals surface area contributed by atoms with E-state index < -0.39 is 0 Å². The molecular weight excluding hydrogens is 356 g/mol. The van der Waals surface area contributed by atoms with E-state index in [1.165, 1.54) is 0 Å². The van der Waals surface area contributed by atoms with Gasteiger partial charge in [0.25, 0.3) is 5.91 Å². The molecule has 0 bridgehead atoms. The fourth-order valence-corrected chi connectivity index (χ4v) is 3.12. The van der Waals surface area contributed by atoms with Gasteiger partial charge in [0.1, 0.15) is 0 Å². The minimum Gasteiger partial charge on any atom is -0.267 e. The number of aromatic nitrogens is 1. The fourth-order valence-electron chi connectivity index (χ4n) is 2.99. The maximum Gasteiger partial charge on any atom is 0.270 e. The van der Waals surface area contributed by atoms with Crippen LogP contribution in [0.1, 0.15) is 10.4 Å². The van der Waals surface area contributed by atoms with Gasteiger partial charge in [0.05, 0.1) is 11.4 Å². The van der Waals surface area contributed by atoms with Crippen LogP contribution in [0.25, 0.3) is 22.5 Å². The van der Waals surface area contributed by atoms with E-state index in [0.717, 1.165) is 22.5 Å². The fraction of sp³-hybridized carbons (Fsp3) is 0. The van der Waals surface area contributed by atoms with Gasteiger partial charge in [-0.15, -0.1) is 0 Å². The highest BCUT2D eigenvalue weighted by Gasteiger charge is 2.15. The van der Waals surface area contributed by atoms with Crippen molar-refractivity contribution in [2.24, 2.45) is 0 Å². The zero-order valence-electron chi connectivity index (χ0n) is 14.5. The minimum atomic E-state index is -0.197. The molecule has 4 heteroatoms. The first-order chi connectivity index (χ1) is 13.2. The molecule has 3 aromatic carbocycles. The number of amides is 1. The van der Waals surface area contributed by atoms with E-state index in [9.17, 15) is 4.79 Å². The SMILES string of the molecule is O=C(Nn1c(-c2ccccc2)ccc1-c1ccccc1)c1ccc(Cl)cc1. The van der Waals surface area contributed by atoms with E-state index in [2.05, 4.69) is 5.43 Å². The second kappa shape index (κ2) is 7.52. The van der Waals surface area contributed by atoms with Crippen molar-refractivity contribution in [3.05, 3.63) is 108 Å². The molecular formula is C23H17ClN2O. The molecule has 0 unspecified atom stereocenters. The molecule has 0 aliphatic carbocycles. The number of benzene rings is 3. The monoisotopic (exact) mass is 372 g/mol. The molecule has 1 heterocycles. The number of carbonyl (C=O) groups excluding carboxylic acids is 1. The lowest BCUT2D eigenvalue weighted by atomic mass is 10.1. The van der Waals surface area contributed by atoms with E-state index >= 15 is 0 Å². The summed E-state index contributed by atoms with van der Waals surface area (Å²) in [4.78, 5) is 12.8. The Morgan fingerprint density at radius 1 is 0.667 bits per heavy atom. The van der Waals surface area contributed by atoms with Gasteiger partial charge in [0.2, 0.25) is 0 Å². The van der Waals surface area contributed by atoms with E-state index in [0.29, 0.717) is 10.6 Å². The highest BCUT2D eigenvalue weighted by atomic mass is 35.5. The van der Waals surface area contributed by atoms with Crippen LogP contribution in [0.2, 0.25) is 5.02 Å². The Morgan fingerprint density at radius 3 is 1.63 bits per heavy atom. The van der Waals surface area contributed by atoms with Gasteiger partial charge >= 0.3 is 0 Å². The molecule has 0 saturated heterocycles. The number of hydrogen-bond acceptors (Lipinski definition) is 1. The van der Waals surface area contributed by atoms with Crippen molar-refractivity contribution in [1.29, 1.82) is 0 Å². The molecule has 27 heavy (non-hydrogen) atoms. The summed E-state index contributed by atoms with van der Waals surface area (Å²) < 4.78 is 1.83. The van der Waals surface area contributed by atoms with Crippen LogP contribution in [-0.4, -0.2) is 10.6 Å². The number of rotatable bonds is 4. The Morgan fingerprint density at radius 2 is 1.15 bits per heavy atom. The molecule has 132 valence electrons. The van der Waals surface area contributed by atoms with Crippen LogP contribution in [0, 0.1) is 0 Å². The predicted molar refractivity (Wildman–Crippen MR) is 110 cm³/mol. The van der Waals surface area contributed by atoms with Gasteiger partial charge in [-0.1, -0.05) is 72.3 Å². The predicted octanol–water partition coefficient (Wildman–Crippen LogP) is 5.86. The average Bonchev–Trinajstić information content (AvgIpc) is 3.13. The van der Waals surface area contributed by atoms with Gasteiger partial charge in [-0.25, -0.2) is 0 Å². The molecule has 3 nitrogen and oxygen atoms in total. The third-order valence-corrected chi connectivity index (χ3v) is 4.59. The van der Waals surface area contributed by atoms with Crippen molar-refractivity contribution in [2.45, 2.75) is 0 Å². The van der Waals surface area contributed by atoms with E-state index in [1.807, 2.05) is 77.5 Å². The first-order valence-electron chi connectivity index (χ1n) is 8.62. The normalized spacial score (nSPS) is 10.6. The van der Waals surface area contributed by atoms with Crippen molar-refractivity contribution in [3.8, 4) is 22.5 Å². The Bertz CT molecular complexity index is 998. The van der Waals surface area contributed by atoms with Crippen LogP contribution < -0.4 is 5.43 Å². The summed E-state index contributed by atoms with van der Waals surface area (Å²) in [6.07, 6.45) is 0. The molecule has 0 aliphatic heterocycles. The molecule has 1 amide bonds. The van der Waals surface area contributed by atoms with Crippen molar-refractivity contribution in [3.63, 3.8) is 0 Å². The highest BCUT2D eigenvalue weighted by molar-refractivity contribution is 6.30. The molecule has 0 atom stereocenters. The van der Waals surface area contributed by atoms with Gasteiger partial charge in [0, 0.05) is 21.7 Å². The Hall–Kier alpha value is -3.30. The first kappa shape index (κ1) is 17.1. The van der Waals surface area contributed by atoms with Crippen LogP contribution in [0.4, 0.5) is 0 Å². The van der Waals surface area contributed by atoms with E-state index in [1.54, 1.807) is 24.3 Å². The number of halogens is 1. The Labute approximate surface area is 162 Å². The summed E-state index contributed by atoms with van der Waals surface area (Å²) in [5.41, 5.74) is 7.45. The second-order valence-corrected chi connectivity index (χ2v) is 6.56. The largest absolute Gasteiger partial charge is 0.270 e. The molecule has 0 saturated carbocycles. The number of nitrogens with one attached hydrogen (secondary N) is 1. The van der Waals surface area contributed by atoms with Crippen LogP contribution in [0.15, 0.2) is 97.1 Å². The van der Waals surface area contributed by atoms with E-state index in [4.69, 9.17) is 11.6 Å². The summed E-state index contributed by atoms with van der Waals surface area (Å²) in [5.74, 6) is -0.197. The third-order valence-electron chi connectivity index (χ3n) is 4.34. The smallest absolute Gasteiger partial charge is 0.267 e. The van der Waals surface area contributed by atoms with Crippen LogP contribution in [-0.2, 0) is 0 Å². The highest BCUT2D eigenvalue weighted by Crippen LogP contribution is 2.28. The van der Waals surface area contributed by atoms with Crippen LogP contribution >= 0.6 is 11.6 Å². The number of hydrogen-bond donors (Lipinski definition) is 1. The zero-order valence-corrected chi connectivity index (χ0v) is 15.2. The lowest BCUT2D eigenvalue weighted by Gasteiger charge is -2.15. The van der Waals surface area contributed by atoms with Crippen molar-refractivity contribution in [1.82, 2.24) is 4.68 Å². The van der Waals surface area contributed by atoms with Gasteiger partial charge < -0.3 is 0 Å². The minimum absolute atomic E-state index is 0.197. The summed E-state index contributed by atoms with van der Waals surface area (Å²) in [5, 5.41) is 0.600. The van der Waals surface area contributed by atoms with Crippen molar-refractivity contribution in [2.75, 3.05) is 5.43 Å². The van der Waals surface area contributed by atoms with Crippen LogP contribution in [0.5, 0.6) is 0 Å². The van der Waals surface area contributed by atoms with E-state index in [-0.39, 0.29) is 5.91 Å². The summed E-state index contributed by atoms with van der Waals surface area (Å²) in [6.45, 7) is 0. The van der Waals surface area contributed by atoms with Crippen molar-refractivity contribution < 1.29 is 4.79 Å².